The van der Waals surface area contributed by atoms with E-state index in [4.69, 9.17) is 20.0 Å². The Kier molecular flexibility index (Phi) is 10.3. The lowest BCUT2D eigenvalue weighted by atomic mass is 10.0. The van der Waals surface area contributed by atoms with Crippen molar-refractivity contribution in [2.75, 3.05) is 0 Å². The van der Waals surface area contributed by atoms with Crippen LogP contribution in [0.2, 0.25) is 0 Å². The van der Waals surface area contributed by atoms with Gasteiger partial charge in [-0.25, -0.2) is 20.0 Å². The number of fused-ring (bicyclic) bond motifs is 12. The Morgan fingerprint density at radius 3 is 1.30 bits per heavy atom. The Labute approximate surface area is 489 Å². The molecular formula is C76H46N8O2. The molecule has 0 amide bonds. The van der Waals surface area contributed by atoms with Crippen LogP contribution in [0.15, 0.2) is 274 Å². The fourth-order valence-corrected chi connectivity index (χ4v) is 13.8. The molecule has 0 spiro atoms. The molecule has 86 heavy (non-hydrogen) atoms. The molecule has 0 aliphatic carbocycles. The first kappa shape index (κ1) is 48.0. The highest BCUT2D eigenvalue weighted by Gasteiger charge is 2.28. The number of rotatable bonds is 7. The maximum absolute atomic E-state index is 15.1. The summed E-state index contributed by atoms with van der Waals surface area (Å²) in [7, 11) is 0. The second-order valence-corrected chi connectivity index (χ2v) is 22.3. The summed E-state index contributed by atoms with van der Waals surface area (Å²) < 4.78 is 8.23. The minimum absolute atomic E-state index is 0.0779. The summed E-state index contributed by atoms with van der Waals surface area (Å²) in [4.78, 5) is 51.0. The van der Waals surface area contributed by atoms with Gasteiger partial charge in [0.15, 0.2) is 5.84 Å². The number of allylic oxidation sites excluding steroid dienone is 1. The van der Waals surface area contributed by atoms with Crippen molar-refractivity contribution in [2.24, 2.45) is 9.98 Å². The largest absolute Gasteiger partial charge is 0.309 e. The number of aromatic nitrogens is 6. The highest BCUT2D eigenvalue weighted by atomic mass is 16.1. The molecule has 17 aromatic rings. The van der Waals surface area contributed by atoms with Gasteiger partial charge in [0.2, 0.25) is 0 Å². The van der Waals surface area contributed by atoms with Crippen LogP contribution in [0, 0.1) is 0 Å². The summed E-state index contributed by atoms with van der Waals surface area (Å²) in [5.41, 5.74) is 14.7. The van der Waals surface area contributed by atoms with E-state index in [0.717, 1.165) is 151 Å². The van der Waals surface area contributed by atoms with Gasteiger partial charge < -0.3 is 4.57 Å². The maximum atomic E-state index is 15.1. The van der Waals surface area contributed by atoms with E-state index >= 15 is 4.79 Å². The summed E-state index contributed by atoms with van der Waals surface area (Å²) in [6, 6.07) is 84.8. The van der Waals surface area contributed by atoms with E-state index in [0.29, 0.717) is 28.3 Å². The first-order chi connectivity index (χ1) is 42.5. The number of amidine groups is 1. The third kappa shape index (κ3) is 6.95. The van der Waals surface area contributed by atoms with Gasteiger partial charge in [0.05, 0.1) is 49.8 Å². The molecule has 11 aromatic carbocycles. The molecule has 0 bridgehead atoms. The van der Waals surface area contributed by atoms with E-state index in [1.165, 1.54) is 0 Å². The van der Waals surface area contributed by atoms with Gasteiger partial charge in [0.1, 0.15) is 17.5 Å². The van der Waals surface area contributed by atoms with E-state index < -0.39 is 0 Å². The highest BCUT2D eigenvalue weighted by molar-refractivity contribution is 6.32. The zero-order chi connectivity index (χ0) is 56.7. The predicted molar refractivity (Wildman–Crippen MR) is 352 cm³/mol. The lowest BCUT2D eigenvalue weighted by Gasteiger charge is -2.15. The van der Waals surface area contributed by atoms with Gasteiger partial charge in [0.25, 0.3) is 11.1 Å². The molecule has 7 heterocycles. The van der Waals surface area contributed by atoms with Crippen molar-refractivity contribution in [3.8, 4) is 39.6 Å². The highest BCUT2D eigenvalue weighted by Crippen LogP contribution is 2.45. The summed E-state index contributed by atoms with van der Waals surface area (Å²) in [5.74, 6) is 2.62. The van der Waals surface area contributed by atoms with Crippen molar-refractivity contribution < 1.29 is 0 Å². The standard InChI is InChI=1S/C76H46N8O2/c85-75-54-27-12-10-25-52(54)68-66-56-29-14-16-32-61(56)81(63(66)43-59-70(68)83(75)73(78-59)49-23-8-3-9-24-49)51-41-39-46(40-42-51)45-35-37-50(38-36-45)74-79-60-44-64-67(69-53-26-11-13-28-55(53)76(86)84(74)71(60)69)57-30-15-17-33-62(57)82(64)65-34-18-31-58(47-19-4-1-5-20-47)77-72(80-65)48-21-6-2-7-22-48/h1-17,19-30,32-44H,18,31H2. The molecule has 0 N–H and O–H groups in total. The van der Waals surface area contributed by atoms with Crippen LogP contribution in [0.4, 0.5) is 0 Å². The van der Waals surface area contributed by atoms with Gasteiger partial charge >= 0.3 is 0 Å². The van der Waals surface area contributed by atoms with Gasteiger partial charge in [-0.05, 0) is 94.9 Å². The second-order valence-electron chi connectivity index (χ2n) is 22.3. The third-order valence-electron chi connectivity index (χ3n) is 17.6. The average Bonchev–Trinajstić information content (AvgIpc) is 1.75. The first-order valence-electron chi connectivity index (χ1n) is 29.0. The molecule has 10 nitrogen and oxygen atoms in total. The number of pyridine rings is 2. The van der Waals surface area contributed by atoms with Crippen molar-refractivity contribution >= 4 is 115 Å². The Hall–Kier alpha value is -11.6. The molecule has 0 saturated heterocycles. The van der Waals surface area contributed by atoms with E-state index in [1.54, 1.807) is 0 Å². The number of aliphatic imine (C=N–C) groups is 2. The van der Waals surface area contributed by atoms with E-state index in [9.17, 15) is 4.79 Å². The fourth-order valence-electron chi connectivity index (χ4n) is 13.8. The minimum Gasteiger partial charge on any atom is -0.309 e. The zero-order valence-corrected chi connectivity index (χ0v) is 46.1. The van der Waals surface area contributed by atoms with Crippen molar-refractivity contribution in [2.45, 2.75) is 12.8 Å². The topological polar surface area (TPSA) is 103 Å². The lowest BCUT2D eigenvalue weighted by Crippen LogP contribution is -2.14. The molecule has 0 fully saturated rings. The third-order valence-corrected chi connectivity index (χ3v) is 17.6. The van der Waals surface area contributed by atoms with Crippen LogP contribution in [-0.4, -0.2) is 39.5 Å². The number of imidazole rings is 2. The van der Waals surface area contributed by atoms with E-state index in [-0.39, 0.29) is 11.1 Å². The van der Waals surface area contributed by atoms with Crippen LogP contribution in [0.3, 0.4) is 0 Å². The van der Waals surface area contributed by atoms with Crippen molar-refractivity contribution in [3.05, 3.63) is 287 Å². The van der Waals surface area contributed by atoms with Crippen LogP contribution in [0.5, 0.6) is 0 Å². The SMILES string of the molecule is O=c1c2ccccc2c2c3c4ccccc4n(C4=CCCC(c5ccccc5)=NC(c5ccccc5)=N4)c3cc3nc(-c4ccc(-c5ccc(-n6c7ccccc7c7c8c9ccccc9c(=O)n9c(-c%10ccccc%10)nc(cc76)c89)cc5)cc4)n1c32. The molecule has 0 saturated carbocycles. The Morgan fingerprint density at radius 2 is 0.756 bits per heavy atom. The first-order valence-corrected chi connectivity index (χ1v) is 29.0. The van der Waals surface area contributed by atoms with E-state index in [2.05, 4.69) is 173 Å². The number of benzene rings is 11. The minimum atomic E-state index is -0.113. The fraction of sp³-hybridized carbons (Fsp3) is 0.0263. The Morgan fingerprint density at radius 1 is 0.337 bits per heavy atom. The van der Waals surface area contributed by atoms with Gasteiger partial charge in [0, 0.05) is 65.5 Å². The maximum Gasteiger partial charge on any atom is 0.264 e. The molecule has 0 radical (unpaired) electrons. The Bertz CT molecular complexity index is 5900. The number of hydrogen-bond acceptors (Lipinski definition) is 6. The lowest BCUT2D eigenvalue weighted by molar-refractivity contribution is 1.05. The van der Waals surface area contributed by atoms with Crippen molar-refractivity contribution in [1.82, 2.24) is 27.9 Å². The molecule has 1 aliphatic rings. The van der Waals surface area contributed by atoms with Crippen molar-refractivity contribution in [1.29, 1.82) is 0 Å². The van der Waals surface area contributed by atoms with E-state index in [1.807, 2.05) is 99.8 Å². The summed E-state index contributed by atoms with van der Waals surface area (Å²) >= 11 is 0. The molecule has 6 aromatic heterocycles. The van der Waals surface area contributed by atoms with Gasteiger partial charge in [-0.3, -0.25) is 23.0 Å². The summed E-state index contributed by atoms with van der Waals surface area (Å²) in [6.07, 6.45) is 3.69. The van der Waals surface area contributed by atoms with Gasteiger partial charge in [-0.1, -0.05) is 200 Å². The smallest absolute Gasteiger partial charge is 0.264 e. The molecule has 402 valence electrons. The van der Waals surface area contributed by atoms with Crippen LogP contribution in [-0.2, 0) is 0 Å². The Balaban J connectivity index is 0.773. The van der Waals surface area contributed by atoms with Gasteiger partial charge in [-0.2, -0.15) is 0 Å². The van der Waals surface area contributed by atoms with Crippen LogP contribution in [0.25, 0.3) is 143 Å². The molecule has 10 heteroatoms. The molecule has 1 aliphatic heterocycles. The average molecular weight is 1100 g/mol. The number of para-hydroxylation sites is 2. The quantitative estimate of drug-likeness (QED) is 0.148. The predicted octanol–water partition coefficient (Wildman–Crippen LogP) is 16.9. The monoisotopic (exact) mass is 1100 g/mol. The van der Waals surface area contributed by atoms with Crippen LogP contribution >= 0.6 is 0 Å². The zero-order valence-electron chi connectivity index (χ0n) is 46.1. The summed E-state index contributed by atoms with van der Waals surface area (Å²) in [5, 5.41) is 9.30. The van der Waals surface area contributed by atoms with Crippen LogP contribution < -0.4 is 11.1 Å². The second kappa shape index (κ2) is 18.4. The summed E-state index contributed by atoms with van der Waals surface area (Å²) in [6.45, 7) is 0. The normalized spacial score (nSPS) is 13.3. The molecular weight excluding hydrogens is 1060 g/mol. The molecule has 0 atom stereocenters. The van der Waals surface area contributed by atoms with Gasteiger partial charge in [-0.15, -0.1) is 0 Å². The molecule has 18 rings (SSSR count). The number of hydrogen-bond donors (Lipinski definition) is 0. The van der Waals surface area contributed by atoms with Crippen LogP contribution in [0.1, 0.15) is 24.0 Å². The van der Waals surface area contributed by atoms with Crippen molar-refractivity contribution in [3.63, 3.8) is 0 Å². The molecule has 0 unspecified atom stereocenters. The number of nitrogens with zero attached hydrogens (tertiary/aromatic N) is 8.